The van der Waals surface area contributed by atoms with E-state index in [0.29, 0.717) is 6.67 Å². The lowest BCUT2D eigenvalue weighted by Crippen LogP contribution is -2.26. The highest BCUT2D eigenvalue weighted by molar-refractivity contribution is 6.10. The summed E-state index contributed by atoms with van der Waals surface area (Å²) >= 11 is 0. The van der Waals surface area contributed by atoms with Gasteiger partial charge in [-0.25, -0.2) is 4.79 Å². The average molecular weight is 179 g/mol. The van der Waals surface area contributed by atoms with Crippen molar-refractivity contribution in [1.82, 2.24) is 10.2 Å². The van der Waals surface area contributed by atoms with Crippen LogP contribution in [-0.2, 0) is 4.74 Å². The van der Waals surface area contributed by atoms with Crippen molar-refractivity contribution >= 4 is 11.8 Å². The predicted molar refractivity (Wildman–Crippen MR) is 46.9 cm³/mol. The second-order valence-electron chi connectivity index (χ2n) is 2.61. The first kappa shape index (κ1) is 7.85. The van der Waals surface area contributed by atoms with E-state index < -0.39 is 6.09 Å². The molecule has 0 aromatic carbocycles. The maximum Gasteiger partial charge on any atom is 0.417 e. The number of carbonyl (C=O) groups is 1. The number of ether oxygens (including phenoxy) is 1. The Morgan fingerprint density at radius 1 is 1.77 bits per heavy atom. The Hall–Kier alpha value is -1.78. The van der Waals surface area contributed by atoms with Crippen LogP contribution >= 0.6 is 0 Å². The molecule has 5 nitrogen and oxygen atoms in total. The number of nitrogens with one attached hydrogen (secondary N) is 1. The summed E-state index contributed by atoms with van der Waals surface area (Å²) in [7, 11) is 1.35. The molecule has 5 heteroatoms. The fraction of sp³-hybridized carbons (Fsp3) is 0.250. The molecule has 2 aliphatic heterocycles. The molecule has 0 unspecified atom stereocenters. The van der Waals surface area contributed by atoms with Gasteiger partial charge in [-0.15, -0.1) is 0 Å². The summed E-state index contributed by atoms with van der Waals surface area (Å²) in [6, 6.07) is 0. The van der Waals surface area contributed by atoms with Gasteiger partial charge in [0.25, 0.3) is 0 Å². The largest absolute Gasteiger partial charge is 0.452 e. The van der Waals surface area contributed by atoms with Crippen LogP contribution in [0.1, 0.15) is 0 Å². The number of allylic oxidation sites excluding steroid dienone is 1. The topological polar surface area (TPSA) is 53.9 Å². The highest BCUT2D eigenvalue weighted by Crippen LogP contribution is 2.12. The summed E-state index contributed by atoms with van der Waals surface area (Å²) in [5, 5.41) is 3.02. The number of nitrogens with zero attached hydrogens (tertiary/aromatic N) is 2. The SMILES string of the molecule is COC(=O)N1C=CC2=NCNC2=C1. The minimum Gasteiger partial charge on any atom is -0.452 e. The molecule has 0 aromatic heterocycles. The van der Waals surface area contributed by atoms with Gasteiger partial charge in [-0.05, 0) is 6.08 Å². The average Bonchev–Trinajstić information content (AvgIpc) is 2.63. The molecule has 1 N–H and O–H groups in total. The lowest BCUT2D eigenvalue weighted by molar-refractivity contribution is 0.151. The predicted octanol–water partition coefficient (Wildman–Crippen LogP) is 0.425. The molecular formula is C8H9N3O2. The first-order valence-corrected chi connectivity index (χ1v) is 3.86. The first-order chi connectivity index (χ1) is 6.31. The third kappa shape index (κ3) is 1.28. The molecule has 0 aromatic rings. The number of hydrogen-bond acceptors (Lipinski definition) is 4. The minimum absolute atomic E-state index is 0.406. The molecule has 0 fully saturated rings. The molecule has 0 saturated carbocycles. The third-order valence-corrected chi connectivity index (χ3v) is 1.84. The van der Waals surface area contributed by atoms with Gasteiger partial charge in [0, 0.05) is 12.4 Å². The lowest BCUT2D eigenvalue weighted by Gasteiger charge is -2.16. The van der Waals surface area contributed by atoms with Crippen molar-refractivity contribution in [3.8, 4) is 0 Å². The zero-order valence-electron chi connectivity index (χ0n) is 7.15. The van der Waals surface area contributed by atoms with Crippen LogP contribution in [0.4, 0.5) is 4.79 Å². The molecule has 0 atom stereocenters. The number of fused-ring (bicyclic) bond motifs is 1. The summed E-state index contributed by atoms with van der Waals surface area (Å²) in [4.78, 5) is 16.6. The lowest BCUT2D eigenvalue weighted by atomic mass is 10.2. The van der Waals surface area contributed by atoms with E-state index in [0.717, 1.165) is 11.4 Å². The number of amides is 1. The van der Waals surface area contributed by atoms with Gasteiger partial charge in [0.05, 0.1) is 18.5 Å². The fourth-order valence-corrected chi connectivity index (χ4v) is 1.19. The van der Waals surface area contributed by atoms with E-state index in [1.54, 1.807) is 18.5 Å². The van der Waals surface area contributed by atoms with Crippen LogP contribution in [0.25, 0.3) is 0 Å². The summed E-state index contributed by atoms with van der Waals surface area (Å²) in [6.45, 7) is 0.570. The second-order valence-corrected chi connectivity index (χ2v) is 2.61. The Balaban J connectivity index is 2.20. The molecule has 2 aliphatic rings. The Kier molecular flexibility index (Phi) is 1.77. The van der Waals surface area contributed by atoms with Crippen LogP contribution in [0.5, 0.6) is 0 Å². The van der Waals surface area contributed by atoms with Crippen LogP contribution in [0.15, 0.2) is 29.2 Å². The van der Waals surface area contributed by atoms with Crippen LogP contribution in [-0.4, -0.2) is 30.5 Å². The van der Waals surface area contributed by atoms with Gasteiger partial charge in [-0.1, -0.05) is 0 Å². The Labute approximate surface area is 75.4 Å². The number of rotatable bonds is 0. The van der Waals surface area contributed by atoms with Crippen LogP contribution in [0.2, 0.25) is 0 Å². The molecule has 0 radical (unpaired) electrons. The molecule has 0 spiro atoms. The van der Waals surface area contributed by atoms with Crippen molar-refractivity contribution in [2.75, 3.05) is 13.8 Å². The maximum atomic E-state index is 11.1. The molecule has 0 aliphatic carbocycles. The van der Waals surface area contributed by atoms with Gasteiger partial charge in [-0.3, -0.25) is 9.89 Å². The first-order valence-electron chi connectivity index (χ1n) is 3.86. The Morgan fingerprint density at radius 2 is 2.62 bits per heavy atom. The van der Waals surface area contributed by atoms with Crippen molar-refractivity contribution < 1.29 is 9.53 Å². The van der Waals surface area contributed by atoms with Crippen LogP contribution in [0.3, 0.4) is 0 Å². The molecule has 0 saturated heterocycles. The van der Waals surface area contributed by atoms with Gasteiger partial charge in [-0.2, -0.15) is 0 Å². The fourth-order valence-electron chi connectivity index (χ4n) is 1.19. The number of methoxy groups -OCH3 is 1. The smallest absolute Gasteiger partial charge is 0.417 e. The monoisotopic (exact) mass is 179 g/mol. The van der Waals surface area contributed by atoms with Crippen LogP contribution in [0, 0.1) is 0 Å². The van der Waals surface area contributed by atoms with E-state index in [4.69, 9.17) is 0 Å². The highest BCUT2D eigenvalue weighted by Gasteiger charge is 2.18. The van der Waals surface area contributed by atoms with Gasteiger partial charge in [0.2, 0.25) is 0 Å². The zero-order valence-corrected chi connectivity index (χ0v) is 7.15. The highest BCUT2D eigenvalue weighted by atomic mass is 16.5. The summed E-state index contributed by atoms with van der Waals surface area (Å²) in [6.07, 6.45) is 4.65. The summed E-state index contributed by atoms with van der Waals surface area (Å²) in [5.41, 5.74) is 1.73. The Bertz CT molecular complexity index is 330. The third-order valence-electron chi connectivity index (χ3n) is 1.84. The van der Waals surface area contributed by atoms with Gasteiger partial charge in [0.15, 0.2) is 0 Å². The molecular weight excluding hydrogens is 170 g/mol. The van der Waals surface area contributed by atoms with Crippen molar-refractivity contribution in [1.29, 1.82) is 0 Å². The van der Waals surface area contributed by atoms with Crippen molar-refractivity contribution in [3.05, 3.63) is 24.2 Å². The molecule has 2 rings (SSSR count). The summed E-state index contributed by atoms with van der Waals surface area (Å²) in [5.74, 6) is 0. The Morgan fingerprint density at radius 3 is 3.38 bits per heavy atom. The molecule has 2 heterocycles. The van der Waals surface area contributed by atoms with E-state index in [-0.39, 0.29) is 0 Å². The van der Waals surface area contributed by atoms with Crippen molar-refractivity contribution in [2.24, 2.45) is 4.99 Å². The minimum atomic E-state index is -0.406. The van der Waals surface area contributed by atoms with E-state index in [2.05, 4.69) is 15.0 Å². The molecule has 68 valence electrons. The quantitative estimate of drug-likeness (QED) is 0.586. The standard InChI is InChI=1S/C8H9N3O2/c1-13-8(12)11-3-2-6-7(4-11)10-5-9-6/h2-4,10H,5H2,1H3. The van der Waals surface area contributed by atoms with Crippen molar-refractivity contribution in [3.63, 3.8) is 0 Å². The maximum absolute atomic E-state index is 11.1. The van der Waals surface area contributed by atoms with Gasteiger partial charge >= 0.3 is 6.09 Å². The van der Waals surface area contributed by atoms with E-state index in [9.17, 15) is 4.79 Å². The zero-order chi connectivity index (χ0) is 9.26. The van der Waals surface area contributed by atoms with Crippen LogP contribution < -0.4 is 5.32 Å². The number of aliphatic imine (C=N–C) groups is 1. The number of hydrogen-bond donors (Lipinski definition) is 1. The van der Waals surface area contributed by atoms with E-state index >= 15 is 0 Å². The number of carbonyl (C=O) groups excluding carboxylic acids is 1. The molecule has 1 amide bonds. The second kappa shape index (κ2) is 2.93. The van der Waals surface area contributed by atoms with Gasteiger partial charge in [0.1, 0.15) is 6.67 Å². The normalized spacial score (nSPS) is 18.7. The van der Waals surface area contributed by atoms with Gasteiger partial charge < -0.3 is 10.1 Å². The summed E-state index contributed by atoms with van der Waals surface area (Å²) < 4.78 is 4.56. The molecule has 0 bridgehead atoms. The van der Waals surface area contributed by atoms with Crippen molar-refractivity contribution in [2.45, 2.75) is 0 Å². The van der Waals surface area contributed by atoms with E-state index in [1.165, 1.54) is 12.0 Å². The van der Waals surface area contributed by atoms with E-state index in [1.807, 2.05) is 0 Å². The molecule has 13 heavy (non-hydrogen) atoms.